The van der Waals surface area contributed by atoms with Gasteiger partial charge in [-0.25, -0.2) is 0 Å². The van der Waals surface area contributed by atoms with Gasteiger partial charge in [0.05, 0.1) is 19.8 Å². The van der Waals surface area contributed by atoms with Gasteiger partial charge in [-0.15, -0.1) is 0 Å². The summed E-state index contributed by atoms with van der Waals surface area (Å²) >= 11 is 0. The number of para-hydroxylation sites is 3. The largest absolute Gasteiger partial charge is 0.494 e. The van der Waals surface area contributed by atoms with Crippen LogP contribution in [0.1, 0.15) is 73.6 Å². The highest BCUT2D eigenvalue weighted by Gasteiger charge is 2.07. The molecular weight excluding hydrogens is 520 g/mol. The first-order valence-electron chi connectivity index (χ1n) is 16.4. The molecule has 1 heterocycles. The molecule has 3 aromatic rings. The van der Waals surface area contributed by atoms with Crippen LogP contribution in [0.4, 0.5) is 0 Å². The number of nitrogens with one attached hydrogen (secondary N) is 1. The van der Waals surface area contributed by atoms with Gasteiger partial charge in [-0.3, -0.25) is 0 Å². The molecule has 236 valence electrons. The predicted octanol–water partition coefficient (Wildman–Crippen LogP) is 9.14. The maximum Gasteiger partial charge on any atom is 0.119 e. The van der Waals surface area contributed by atoms with Crippen molar-refractivity contribution < 1.29 is 14.2 Å². The third-order valence-electron chi connectivity index (χ3n) is 5.90. The molecule has 0 amide bonds. The van der Waals surface area contributed by atoms with Crippen LogP contribution in [0.15, 0.2) is 91.0 Å². The van der Waals surface area contributed by atoms with Crippen LogP contribution in [-0.2, 0) is 0 Å². The molecule has 5 heteroatoms. The summed E-state index contributed by atoms with van der Waals surface area (Å²) in [6, 6.07) is 29.9. The molecule has 0 spiro atoms. The number of hydrogen-bond donors (Lipinski definition) is 1. The van der Waals surface area contributed by atoms with Gasteiger partial charge >= 0.3 is 0 Å². The van der Waals surface area contributed by atoms with E-state index in [0.29, 0.717) is 0 Å². The van der Waals surface area contributed by atoms with E-state index in [0.717, 1.165) is 69.4 Å². The fourth-order valence-electron chi connectivity index (χ4n) is 3.87. The number of ether oxygens (including phenoxy) is 3. The van der Waals surface area contributed by atoms with Crippen molar-refractivity contribution in [2.24, 2.45) is 0 Å². The van der Waals surface area contributed by atoms with Crippen molar-refractivity contribution in [1.29, 1.82) is 0 Å². The van der Waals surface area contributed by atoms with Gasteiger partial charge in [-0.05, 0) is 75.0 Å². The topological polar surface area (TPSA) is 43.0 Å². The number of unbranched alkanes of at least 4 members (excludes halogenated alkanes) is 3. The fraction of sp³-hybridized carbons (Fsp3) is 0.514. The van der Waals surface area contributed by atoms with Gasteiger partial charge in [-0.1, -0.05) is 96.1 Å². The lowest BCUT2D eigenvalue weighted by atomic mass is 10.2. The van der Waals surface area contributed by atoms with Crippen LogP contribution in [-0.4, -0.2) is 57.4 Å². The SMILES string of the molecule is CC.CC.CC.c1ccc(OCCCCCN2CCNCC2)cc1.c1ccc(OCCCCOc2ccccc2)cc1. The highest BCUT2D eigenvalue weighted by molar-refractivity contribution is 5.22. The van der Waals surface area contributed by atoms with Crippen LogP contribution >= 0.6 is 0 Å². The van der Waals surface area contributed by atoms with Crippen LogP contribution in [0, 0.1) is 0 Å². The zero-order chi connectivity index (χ0) is 30.9. The number of piperazine rings is 1. The van der Waals surface area contributed by atoms with Crippen molar-refractivity contribution in [2.75, 3.05) is 52.5 Å². The molecule has 1 aliphatic heterocycles. The van der Waals surface area contributed by atoms with Gasteiger partial charge in [0.1, 0.15) is 17.2 Å². The second-order valence-electron chi connectivity index (χ2n) is 8.84. The Kier molecular flexibility index (Phi) is 28.7. The van der Waals surface area contributed by atoms with E-state index in [-0.39, 0.29) is 0 Å². The Labute approximate surface area is 258 Å². The Balaban J connectivity index is 0.000000680. The minimum Gasteiger partial charge on any atom is -0.494 e. The zero-order valence-corrected chi connectivity index (χ0v) is 27.5. The zero-order valence-electron chi connectivity index (χ0n) is 27.5. The van der Waals surface area contributed by atoms with E-state index in [2.05, 4.69) is 10.2 Å². The molecule has 0 aromatic heterocycles. The maximum atomic E-state index is 5.67. The molecular formula is C37H60N2O3. The molecule has 0 atom stereocenters. The van der Waals surface area contributed by atoms with Crippen molar-refractivity contribution in [3.63, 3.8) is 0 Å². The van der Waals surface area contributed by atoms with Crippen LogP contribution in [0.25, 0.3) is 0 Å². The molecule has 1 N–H and O–H groups in total. The molecule has 5 nitrogen and oxygen atoms in total. The minimum absolute atomic E-state index is 0.738. The Bertz CT molecular complexity index is 845. The lowest BCUT2D eigenvalue weighted by Crippen LogP contribution is -2.43. The average molecular weight is 581 g/mol. The molecule has 42 heavy (non-hydrogen) atoms. The second kappa shape index (κ2) is 30.9. The lowest BCUT2D eigenvalue weighted by Gasteiger charge is -2.26. The molecule has 4 rings (SSSR count). The van der Waals surface area contributed by atoms with Crippen molar-refractivity contribution in [1.82, 2.24) is 10.2 Å². The minimum atomic E-state index is 0.738. The first-order chi connectivity index (χ1) is 20.9. The number of nitrogens with zero attached hydrogens (tertiary/aromatic N) is 1. The maximum absolute atomic E-state index is 5.67. The Morgan fingerprint density at radius 1 is 0.476 bits per heavy atom. The lowest BCUT2D eigenvalue weighted by molar-refractivity contribution is 0.232. The molecule has 0 saturated carbocycles. The van der Waals surface area contributed by atoms with Gasteiger partial charge in [0.15, 0.2) is 0 Å². The summed E-state index contributed by atoms with van der Waals surface area (Å²) in [5.41, 5.74) is 0. The Hall–Kier alpha value is -3.02. The summed E-state index contributed by atoms with van der Waals surface area (Å²) in [4.78, 5) is 2.55. The molecule has 3 aromatic carbocycles. The van der Waals surface area contributed by atoms with Crippen LogP contribution in [0.2, 0.25) is 0 Å². The van der Waals surface area contributed by atoms with E-state index in [1.165, 1.54) is 32.5 Å². The Morgan fingerprint density at radius 3 is 1.17 bits per heavy atom. The van der Waals surface area contributed by atoms with E-state index < -0.39 is 0 Å². The van der Waals surface area contributed by atoms with Crippen molar-refractivity contribution in [2.45, 2.75) is 73.6 Å². The quantitative estimate of drug-likeness (QED) is 0.193. The van der Waals surface area contributed by atoms with Crippen LogP contribution in [0.5, 0.6) is 17.2 Å². The fourth-order valence-corrected chi connectivity index (χ4v) is 3.87. The van der Waals surface area contributed by atoms with Crippen molar-refractivity contribution in [3.8, 4) is 17.2 Å². The summed E-state index contributed by atoms with van der Waals surface area (Å²) in [7, 11) is 0. The van der Waals surface area contributed by atoms with E-state index in [1.54, 1.807) is 0 Å². The molecule has 1 fully saturated rings. The van der Waals surface area contributed by atoms with Crippen molar-refractivity contribution in [3.05, 3.63) is 91.0 Å². The third kappa shape index (κ3) is 21.7. The second-order valence-corrected chi connectivity index (χ2v) is 8.84. The first-order valence-corrected chi connectivity index (χ1v) is 16.4. The van der Waals surface area contributed by atoms with E-state index in [9.17, 15) is 0 Å². The van der Waals surface area contributed by atoms with E-state index in [1.807, 2.05) is 133 Å². The summed E-state index contributed by atoms with van der Waals surface area (Å²) in [5.74, 6) is 2.85. The van der Waals surface area contributed by atoms with E-state index in [4.69, 9.17) is 14.2 Å². The highest BCUT2D eigenvalue weighted by Crippen LogP contribution is 2.11. The normalized spacial score (nSPS) is 11.9. The highest BCUT2D eigenvalue weighted by atomic mass is 16.5. The van der Waals surface area contributed by atoms with Gasteiger partial charge in [0.2, 0.25) is 0 Å². The van der Waals surface area contributed by atoms with Gasteiger partial charge in [0, 0.05) is 26.2 Å². The molecule has 0 radical (unpaired) electrons. The standard InChI is InChI=1S/C16H18O2.C15H24N2O.3C2H6/c1-3-9-15(10-4-1)17-13-7-8-14-18-16-11-5-2-6-12-16;1-3-7-15(8-4-1)18-14-6-2-5-11-17-12-9-16-10-13-17;3*1-2/h1-6,9-12H,7-8,13-14H2;1,3-4,7-8,16H,2,5-6,9-14H2;3*1-2H3. The number of hydrogen-bond acceptors (Lipinski definition) is 5. The van der Waals surface area contributed by atoms with Gasteiger partial charge in [-0.2, -0.15) is 0 Å². The summed E-state index contributed by atoms with van der Waals surface area (Å²) in [5, 5.41) is 3.38. The Morgan fingerprint density at radius 2 is 0.810 bits per heavy atom. The van der Waals surface area contributed by atoms with Crippen molar-refractivity contribution >= 4 is 0 Å². The molecule has 0 aliphatic carbocycles. The third-order valence-corrected chi connectivity index (χ3v) is 5.90. The summed E-state index contributed by atoms with van der Waals surface area (Å²) in [6.45, 7) is 20.3. The summed E-state index contributed by atoms with van der Waals surface area (Å²) in [6.07, 6.45) is 5.71. The molecule has 0 bridgehead atoms. The predicted molar refractivity (Wildman–Crippen MR) is 182 cm³/mol. The number of rotatable bonds is 14. The molecule has 1 saturated heterocycles. The number of benzene rings is 3. The van der Waals surface area contributed by atoms with E-state index >= 15 is 0 Å². The average Bonchev–Trinajstić information content (AvgIpc) is 3.09. The molecule has 1 aliphatic rings. The van der Waals surface area contributed by atoms with Crippen LogP contribution < -0.4 is 19.5 Å². The molecule has 0 unspecified atom stereocenters. The summed E-state index contributed by atoms with van der Waals surface area (Å²) < 4.78 is 16.9. The van der Waals surface area contributed by atoms with Gasteiger partial charge in [0.25, 0.3) is 0 Å². The first kappa shape index (κ1) is 39.0. The van der Waals surface area contributed by atoms with Crippen LogP contribution in [0.3, 0.4) is 0 Å². The monoisotopic (exact) mass is 580 g/mol. The smallest absolute Gasteiger partial charge is 0.119 e. The van der Waals surface area contributed by atoms with Gasteiger partial charge < -0.3 is 24.4 Å².